The molecule has 3 heteroatoms. The first-order valence-electron chi connectivity index (χ1n) is 7.51. The number of unbranched alkanes of at least 4 members (excludes halogenated alkanes) is 1. The van der Waals surface area contributed by atoms with Crippen molar-refractivity contribution in [1.29, 1.82) is 0 Å². The minimum absolute atomic E-state index is 0.0179. The minimum Gasteiger partial charge on any atom is -0.481 e. The highest BCUT2D eigenvalue weighted by Crippen LogP contribution is 2.52. The molecule has 18 heavy (non-hydrogen) atoms. The third kappa shape index (κ3) is 2.42. The Kier molecular flexibility index (Phi) is 4.31. The van der Waals surface area contributed by atoms with E-state index in [-0.39, 0.29) is 12.2 Å². The summed E-state index contributed by atoms with van der Waals surface area (Å²) in [5, 5.41) is 9.68. The molecular formula is C15H26O3. The third-order valence-electron chi connectivity index (χ3n) is 4.94. The van der Waals surface area contributed by atoms with Gasteiger partial charge in [-0.05, 0) is 31.6 Å². The molecule has 2 saturated heterocycles. The average Bonchev–Trinajstić information content (AvgIpc) is 2.95. The highest BCUT2D eigenvalue weighted by molar-refractivity contribution is 5.76. The zero-order chi connectivity index (χ0) is 13.2. The van der Waals surface area contributed by atoms with Crippen molar-refractivity contribution in [2.75, 3.05) is 0 Å². The molecule has 2 rings (SSSR count). The van der Waals surface area contributed by atoms with E-state index in [4.69, 9.17) is 4.74 Å². The molecule has 0 aromatic heterocycles. The molecule has 0 amide bonds. The number of aliphatic carboxylic acids is 1. The lowest BCUT2D eigenvalue weighted by Gasteiger charge is -2.34. The van der Waals surface area contributed by atoms with Gasteiger partial charge in [-0.15, -0.1) is 0 Å². The lowest BCUT2D eigenvalue weighted by atomic mass is 9.68. The largest absolute Gasteiger partial charge is 0.481 e. The maximum absolute atomic E-state index is 11.8. The van der Waals surface area contributed by atoms with Gasteiger partial charge < -0.3 is 9.84 Å². The van der Waals surface area contributed by atoms with Crippen LogP contribution in [0.1, 0.15) is 65.2 Å². The van der Waals surface area contributed by atoms with E-state index in [1.807, 2.05) is 0 Å². The first kappa shape index (κ1) is 13.9. The van der Waals surface area contributed by atoms with Gasteiger partial charge in [0.15, 0.2) is 0 Å². The SMILES string of the molecule is CCCCC(CC)CC1(C(=O)O)CC2CCC1O2. The maximum atomic E-state index is 11.8. The van der Waals surface area contributed by atoms with Crippen molar-refractivity contribution in [2.24, 2.45) is 11.3 Å². The summed E-state index contributed by atoms with van der Waals surface area (Å²) in [4.78, 5) is 11.8. The topological polar surface area (TPSA) is 46.5 Å². The number of hydrogen-bond acceptors (Lipinski definition) is 2. The molecule has 0 aromatic carbocycles. The molecule has 2 aliphatic rings. The van der Waals surface area contributed by atoms with Gasteiger partial charge in [0, 0.05) is 0 Å². The summed E-state index contributed by atoms with van der Waals surface area (Å²) < 4.78 is 5.82. The number of fused-ring (bicyclic) bond motifs is 2. The van der Waals surface area contributed by atoms with Crippen molar-refractivity contribution in [3.63, 3.8) is 0 Å². The molecular weight excluding hydrogens is 228 g/mol. The van der Waals surface area contributed by atoms with Crippen molar-refractivity contribution in [1.82, 2.24) is 0 Å². The smallest absolute Gasteiger partial charge is 0.312 e. The predicted molar refractivity (Wildman–Crippen MR) is 70.5 cm³/mol. The molecule has 0 radical (unpaired) electrons. The van der Waals surface area contributed by atoms with E-state index in [0.717, 1.165) is 32.1 Å². The number of hydrogen-bond donors (Lipinski definition) is 1. The number of ether oxygens (including phenoxy) is 1. The van der Waals surface area contributed by atoms with Crippen LogP contribution in [0.15, 0.2) is 0 Å². The van der Waals surface area contributed by atoms with Crippen LogP contribution < -0.4 is 0 Å². The van der Waals surface area contributed by atoms with E-state index >= 15 is 0 Å². The Morgan fingerprint density at radius 3 is 2.67 bits per heavy atom. The van der Waals surface area contributed by atoms with Gasteiger partial charge in [0.1, 0.15) is 0 Å². The fourth-order valence-corrected chi connectivity index (χ4v) is 3.79. The molecule has 4 unspecified atom stereocenters. The Balaban J connectivity index is 2.04. The highest BCUT2D eigenvalue weighted by atomic mass is 16.5. The Labute approximate surface area is 110 Å². The van der Waals surface area contributed by atoms with Crippen LogP contribution in [0, 0.1) is 11.3 Å². The van der Waals surface area contributed by atoms with Gasteiger partial charge in [-0.25, -0.2) is 0 Å². The Bertz CT molecular complexity index is 302. The summed E-state index contributed by atoms with van der Waals surface area (Å²) in [5.41, 5.74) is -0.572. The molecule has 2 bridgehead atoms. The maximum Gasteiger partial charge on any atom is 0.312 e. The average molecular weight is 254 g/mol. The van der Waals surface area contributed by atoms with Crippen LogP contribution in [0.25, 0.3) is 0 Å². The number of carboxylic acid groups (broad SMARTS) is 1. The Morgan fingerprint density at radius 2 is 2.22 bits per heavy atom. The normalized spacial score (nSPS) is 35.9. The fourth-order valence-electron chi connectivity index (χ4n) is 3.79. The third-order valence-corrected chi connectivity index (χ3v) is 4.94. The molecule has 0 aromatic rings. The summed E-state index contributed by atoms with van der Waals surface area (Å²) in [5.74, 6) is -0.0753. The first-order chi connectivity index (χ1) is 8.62. The summed E-state index contributed by atoms with van der Waals surface area (Å²) in [6, 6.07) is 0. The van der Waals surface area contributed by atoms with Crippen LogP contribution in [-0.4, -0.2) is 23.3 Å². The van der Waals surface area contributed by atoms with E-state index in [1.54, 1.807) is 0 Å². The molecule has 4 atom stereocenters. The van der Waals surface area contributed by atoms with Crippen molar-refractivity contribution >= 4 is 5.97 Å². The van der Waals surface area contributed by atoms with Crippen molar-refractivity contribution in [3.8, 4) is 0 Å². The van der Waals surface area contributed by atoms with Crippen LogP contribution in [0.2, 0.25) is 0 Å². The molecule has 2 heterocycles. The summed E-state index contributed by atoms with van der Waals surface area (Å²) in [6.45, 7) is 4.38. The minimum atomic E-state index is -0.621. The van der Waals surface area contributed by atoms with Gasteiger partial charge in [-0.3, -0.25) is 4.79 Å². The zero-order valence-electron chi connectivity index (χ0n) is 11.7. The Morgan fingerprint density at radius 1 is 1.44 bits per heavy atom. The van der Waals surface area contributed by atoms with Gasteiger partial charge >= 0.3 is 5.97 Å². The molecule has 2 aliphatic heterocycles. The standard InChI is InChI=1S/C15H26O3/c1-3-5-6-11(4-2)9-15(14(16)17)10-12-7-8-13(15)18-12/h11-13H,3-10H2,1-2H3,(H,16,17). The van der Waals surface area contributed by atoms with E-state index in [2.05, 4.69) is 13.8 Å². The van der Waals surface area contributed by atoms with Gasteiger partial charge in [0.25, 0.3) is 0 Å². The zero-order valence-corrected chi connectivity index (χ0v) is 11.7. The molecule has 0 saturated carbocycles. The number of carbonyl (C=O) groups is 1. The van der Waals surface area contributed by atoms with E-state index in [0.29, 0.717) is 5.92 Å². The van der Waals surface area contributed by atoms with Crippen LogP contribution in [0.3, 0.4) is 0 Å². The van der Waals surface area contributed by atoms with Gasteiger partial charge in [-0.2, -0.15) is 0 Å². The number of carboxylic acids is 1. The first-order valence-corrected chi connectivity index (χ1v) is 7.51. The second-order valence-electron chi connectivity index (χ2n) is 6.11. The lowest BCUT2D eigenvalue weighted by molar-refractivity contribution is -0.154. The highest BCUT2D eigenvalue weighted by Gasteiger charge is 2.57. The Hall–Kier alpha value is -0.570. The summed E-state index contributed by atoms with van der Waals surface area (Å²) >= 11 is 0. The van der Waals surface area contributed by atoms with Crippen molar-refractivity contribution < 1.29 is 14.6 Å². The predicted octanol–water partition coefficient (Wildman–Crippen LogP) is 3.62. The quantitative estimate of drug-likeness (QED) is 0.755. The monoisotopic (exact) mass is 254 g/mol. The van der Waals surface area contributed by atoms with Crippen LogP contribution in [-0.2, 0) is 9.53 Å². The van der Waals surface area contributed by atoms with E-state index in [9.17, 15) is 9.90 Å². The van der Waals surface area contributed by atoms with Crippen molar-refractivity contribution in [3.05, 3.63) is 0 Å². The molecule has 2 fully saturated rings. The molecule has 1 N–H and O–H groups in total. The second-order valence-corrected chi connectivity index (χ2v) is 6.11. The molecule has 0 aliphatic carbocycles. The van der Waals surface area contributed by atoms with Crippen LogP contribution in [0.4, 0.5) is 0 Å². The van der Waals surface area contributed by atoms with E-state index < -0.39 is 11.4 Å². The molecule has 0 spiro atoms. The van der Waals surface area contributed by atoms with Crippen molar-refractivity contribution in [2.45, 2.75) is 77.4 Å². The molecule has 104 valence electrons. The van der Waals surface area contributed by atoms with Gasteiger partial charge in [0.05, 0.1) is 17.6 Å². The van der Waals surface area contributed by atoms with Crippen LogP contribution >= 0.6 is 0 Å². The lowest BCUT2D eigenvalue weighted by Crippen LogP contribution is -2.41. The molecule has 3 nitrogen and oxygen atoms in total. The van der Waals surface area contributed by atoms with Crippen LogP contribution in [0.5, 0.6) is 0 Å². The number of rotatable bonds is 7. The van der Waals surface area contributed by atoms with Gasteiger partial charge in [-0.1, -0.05) is 39.5 Å². The summed E-state index contributed by atoms with van der Waals surface area (Å²) in [7, 11) is 0. The van der Waals surface area contributed by atoms with E-state index in [1.165, 1.54) is 19.3 Å². The van der Waals surface area contributed by atoms with Gasteiger partial charge in [0.2, 0.25) is 0 Å². The fraction of sp³-hybridized carbons (Fsp3) is 0.933. The second kappa shape index (κ2) is 5.60. The summed E-state index contributed by atoms with van der Waals surface area (Å²) in [6.07, 6.45) is 8.43.